The number of imidazole rings is 1. The molecule has 0 radical (unpaired) electrons. The van der Waals surface area contributed by atoms with Gasteiger partial charge in [0.2, 0.25) is 0 Å². The highest BCUT2D eigenvalue weighted by Crippen LogP contribution is 2.28. The molecule has 188 valence electrons. The van der Waals surface area contributed by atoms with Crippen molar-refractivity contribution in [3.8, 4) is 22.6 Å². The lowest BCUT2D eigenvalue weighted by atomic mass is 9.89. The molecule has 4 aromatic rings. The molecule has 1 aliphatic carbocycles. The molecule has 0 unspecified atom stereocenters. The summed E-state index contributed by atoms with van der Waals surface area (Å²) < 4.78 is 4.07. The van der Waals surface area contributed by atoms with Crippen molar-refractivity contribution in [2.75, 3.05) is 0 Å². The number of aromatic nitrogens is 7. The molecule has 1 N–H and O–H groups in total. The molecular weight excluding hydrogens is 450 g/mol. The van der Waals surface area contributed by atoms with E-state index in [1.807, 2.05) is 16.7 Å². The molecular formula is C28H35N7O. The maximum absolute atomic E-state index is 13.6. The number of hydrogen-bond donors (Lipinski definition) is 1. The van der Waals surface area contributed by atoms with Crippen molar-refractivity contribution in [1.29, 1.82) is 0 Å². The van der Waals surface area contributed by atoms with Gasteiger partial charge in [0, 0.05) is 35.3 Å². The number of H-pyrrole nitrogens is 1. The highest BCUT2D eigenvalue weighted by atomic mass is 16.1. The van der Waals surface area contributed by atoms with Crippen molar-refractivity contribution >= 4 is 0 Å². The summed E-state index contributed by atoms with van der Waals surface area (Å²) in [4.78, 5) is 18.2. The van der Waals surface area contributed by atoms with Gasteiger partial charge in [-0.3, -0.25) is 14.1 Å². The molecule has 1 saturated carbocycles. The monoisotopic (exact) mass is 485 g/mol. The topological polar surface area (TPSA) is 94.3 Å². The zero-order valence-electron chi connectivity index (χ0n) is 21.3. The van der Waals surface area contributed by atoms with Crippen molar-refractivity contribution in [3.63, 3.8) is 0 Å². The first-order valence-electron chi connectivity index (χ1n) is 13.2. The molecule has 3 aromatic heterocycles. The number of aromatic amines is 1. The van der Waals surface area contributed by atoms with Crippen LogP contribution in [-0.2, 0) is 19.5 Å². The fourth-order valence-corrected chi connectivity index (χ4v) is 5.47. The third kappa shape index (κ3) is 5.03. The molecule has 0 aliphatic heterocycles. The molecule has 0 bridgehead atoms. The first kappa shape index (κ1) is 24.2. The zero-order valence-corrected chi connectivity index (χ0v) is 21.3. The van der Waals surface area contributed by atoms with Crippen LogP contribution in [0.1, 0.15) is 68.8 Å². The van der Waals surface area contributed by atoms with Crippen LogP contribution in [0.15, 0.2) is 47.4 Å². The number of pyridine rings is 1. The summed E-state index contributed by atoms with van der Waals surface area (Å²) >= 11 is 0. The quantitative estimate of drug-likeness (QED) is 0.353. The van der Waals surface area contributed by atoms with Gasteiger partial charge in [0.25, 0.3) is 0 Å². The lowest BCUT2D eigenvalue weighted by Crippen LogP contribution is -2.28. The molecule has 1 aliphatic rings. The first-order valence-corrected chi connectivity index (χ1v) is 13.2. The van der Waals surface area contributed by atoms with Gasteiger partial charge in [-0.1, -0.05) is 56.9 Å². The number of nitrogens with one attached hydrogen (secondary N) is 1. The van der Waals surface area contributed by atoms with Crippen LogP contribution in [-0.4, -0.2) is 34.7 Å². The van der Waals surface area contributed by atoms with E-state index in [1.165, 1.54) is 37.8 Å². The number of nitrogens with zero attached hydrogens (tertiary/aromatic N) is 6. The van der Waals surface area contributed by atoms with E-state index in [4.69, 9.17) is 0 Å². The Balaban J connectivity index is 1.42. The summed E-state index contributed by atoms with van der Waals surface area (Å²) in [6.45, 7) is 5.78. The van der Waals surface area contributed by atoms with Gasteiger partial charge in [-0.05, 0) is 66.6 Å². The van der Waals surface area contributed by atoms with Gasteiger partial charge in [0.05, 0.1) is 12.2 Å². The summed E-state index contributed by atoms with van der Waals surface area (Å²) in [6, 6.07) is 12.1. The van der Waals surface area contributed by atoms with Gasteiger partial charge in [-0.2, -0.15) is 0 Å². The molecule has 0 amide bonds. The number of rotatable bonds is 9. The number of benzene rings is 1. The average molecular weight is 486 g/mol. The molecule has 0 spiro atoms. The Hall–Kier alpha value is -3.55. The van der Waals surface area contributed by atoms with Crippen LogP contribution < -0.4 is 5.69 Å². The van der Waals surface area contributed by atoms with Gasteiger partial charge in [-0.15, -0.1) is 5.10 Å². The lowest BCUT2D eigenvalue weighted by molar-refractivity contribution is 0.313. The Morgan fingerprint density at radius 3 is 2.58 bits per heavy atom. The van der Waals surface area contributed by atoms with Gasteiger partial charge in [0.1, 0.15) is 0 Å². The molecule has 1 aromatic carbocycles. The molecule has 1 fully saturated rings. The summed E-state index contributed by atoms with van der Waals surface area (Å²) in [6.07, 6.45) is 11.3. The maximum atomic E-state index is 13.6. The fourth-order valence-electron chi connectivity index (χ4n) is 5.47. The minimum atomic E-state index is 0.137. The number of tetrazole rings is 1. The largest absolute Gasteiger partial charge is 0.328 e. The van der Waals surface area contributed by atoms with Crippen LogP contribution in [0, 0.1) is 12.8 Å². The Morgan fingerprint density at radius 2 is 1.86 bits per heavy atom. The van der Waals surface area contributed by atoms with Crippen molar-refractivity contribution in [3.05, 3.63) is 70.0 Å². The van der Waals surface area contributed by atoms with Crippen molar-refractivity contribution in [2.45, 2.75) is 78.3 Å². The van der Waals surface area contributed by atoms with Crippen LogP contribution in [0.25, 0.3) is 22.6 Å². The highest BCUT2D eigenvalue weighted by Gasteiger charge is 2.21. The molecule has 5 rings (SSSR count). The normalized spacial score (nSPS) is 14.4. The lowest BCUT2D eigenvalue weighted by Gasteiger charge is -2.22. The average Bonchev–Trinajstić information content (AvgIpc) is 3.53. The predicted molar refractivity (Wildman–Crippen MR) is 141 cm³/mol. The van der Waals surface area contributed by atoms with Crippen LogP contribution in [0.5, 0.6) is 0 Å². The van der Waals surface area contributed by atoms with Gasteiger partial charge >= 0.3 is 5.69 Å². The minimum absolute atomic E-state index is 0.137. The van der Waals surface area contributed by atoms with E-state index in [0.717, 1.165) is 53.9 Å². The fraction of sp³-hybridized carbons (Fsp3) is 0.464. The Bertz CT molecular complexity index is 1330. The second kappa shape index (κ2) is 11.0. The smallest absolute Gasteiger partial charge is 0.296 e. The number of hydrogen-bond acceptors (Lipinski definition) is 5. The third-order valence-corrected chi connectivity index (χ3v) is 7.52. The van der Waals surface area contributed by atoms with Gasteiger partial charge < -0.3 is 0 Å². The Morgan fingerprint density at radius 1 is 1.06 bits per heavy atom. The second-order valence-electron chi connectivity index (χ2n) is 9.97. The van der Waals surface area contributed by atoms with Crippen molar-refractivity contribution < 1.29 is 0 Å². The molecule has 0 atom stereocenters. The first-order chi connectivity index (χ1) is 17.7. The van der Waals surface area contributed by atoms with Crippen LogP contribution >= 0.6 is 0 Å². The molecule has 8 heteroatoms. The Labute approximate surface area is 211 Å². The second-order valence-corrected chi connectivity index (χ2v) is 9.97. The predicted octanol–water partition coefficient (Wildman–Crippen LogP) is 5.17. The SMILES string of the molecule is CCCCc1c(C)n(CC2CCCCC2)c(=O)n1Cc1ccc(-c2ncccc2-c2nnn[nH]2)cc1. The van der Waals surface area contributed by atoms with E-state index in [1.54, 1.807) is 6.20 Å². The van der Waals surface area contributed by atoms with Gasteiger partial charge in [0.15, 0.2) is 5.82 Å². The van der Waals surface area contributed by atoms with E-state index in [9.17, 15) is 4.79 Å². The van der Waals surface area contributed by atoms with Crippen LogP contribution in [0.3, 0.4) is 0 Å². The third-order valence-electron chi connectivity index (χ3n) is 7.52. The van der Waals surface area contributed by atoms with Crippen LogP contribution in [0.4, 0.5) is 0 Å². The Kier molecular flexibility index (Phi) is 7.39. The van der Waals surface area contributed by atoms with E-state index < -0.39 is 0 Å². The maximum Gasteiger partial charge on any atom is 0.328 e. The molecule has 36 heavy (non-hydrogen) atoms. The van der Waals surface area contributed by atoms with E-state index in [0.29, 0.717) is 18.3 Å². The highest BCUT2D eigenvalue weighted by molar-refractivity contribution is 5.76. The van der Waals surface area contributed by atoms with E-state index in [2.05, 4.69) is 68.3 Å². The summed E-state index contributed by atoms with van der Waals surface area (Å²) in [5, 5.41) is 14.3. The molecule has 8 nitrogen and oxygen atoms in total. The molecule has 0 saturated heterocycles. The standard InChI is InChI=1S/C28H35N7O/c1-3-4-12-25-20(2)34(18-21-9-6-5-7-10-21)28(36)35(25)19-22-13-15-23(16-14-22)26-24(11-8-17-29-26)27-30-32-33-31-27/h8,11,13-17,21H,3-7,9-10,12,18-19H2,1-2H3,(H,30,31,32,33). The van der Waals surface area contributed by atoms with E-state index >= 15 is 0 Å². The summed E-state index contributed by atoms with van der Waals surface area (Å²) in [5.41, 5.74) is 6.23. The summed E-state index contributed by atoms with van der Waals surface area (Å²) in [5.74, 6) is 1.21. The zero-order chi connectivity index (χ0) is 24.9. The van der Waals surface area contributed by atoms with Gasteiger partial charge in [-0.25, -0.2) is 9.89 Å². The van der Waals surface area contributed by atoms with E-state index in [-0.39, 0.29) is 5.69 Å². The minimum Gasteiger partial charge on any atom is -0.296 e. The van der Waals surface area contributed by atoms with Crippen LogP contribution in [0.2, 0.25) is 0 Å². The van der Waals surface area contributed by atoms with Crippen molar-refractivity contribution in [2.24, 2.45) is 5.92 Å². The number of unbranched alkanes of at least 4 members (excludes halogenated alkanes) is 1. The van der Waals surface area contributed by atoms with Crippen molar-refractivity contribution in [1.82, 2.24) is 34.7 Å². The molecule has 3 heterocycles. The summed E-state index contributed by atoms with van der Waals surface area (Å²) in [7, 11) is 0.